The van der Waals surface area contributed by atoms with Gasteiger partial charge < -0.3 is 10.4 Å². The van der Waals surface area contributed by atoms with Crippen LogP contribution in [0.4, 0.5) is 0 Å². The first kappa shape index (κ1) is 13.2. The van der Waals surface area contributed by atoms with Crippen LogP contribution in [0.15, 0.2) is 10.5 Å². The zero-order chi connectivity index (χ0) is 11.6. The number of hydrogen-bond donors (Lipinski definition) is 2. The first-order valence-electron chi connectivity index (χ1n) is 5.01. The molecular formula is C11H18BrNOS. The molecule has 15 heavy (non-hydrogen) atoms. The zero-order valence-corrected chi connectivity index (χ0v) is 12.0. The number of halogens is 1. The van der Waals surface area contributed by atoms with E-state index in [1.807, 2.05) is 20.8 Å². The molecule has 0 saturated heterocycles. The monoisotopic (exact) mass is 291 g/mol. The molecule has 1 heterocycles. The summed E-state index contributed by atoms with van der Waals surface area (Å²) in [4.78, 5) is 2.58. The molecule has 0 radical (unpaired) electrons. The van der Waals surface area contributed by atoms with Gasteiger partial charge in [0.15, 0.2) is 0 Å². The van der Waals surface area contributed by atoms with E-state index in [-0.39, 0.29) is 11.6 Å². The average molecular weight is 292 g/mol. The normalized spacial score (nSPS) is 14.3. The maximum absolute atomic E-state index is 9.55. The summed E-state index contributed by atoms with van der Waals surface area (Å²) in [6.07, 6.45) is -0.359. The summed E-state index contributed by atoms with van der Waals surface area (Å²) in [5.41, 5.74) is -0.246. The maximum Gasteiger partial charge on any atom is 0.0688 e. The summed E-state index contributed by atoms with van der Waals surface area (Å²) in [5.74, 6) is 0. The van der Waals surface area contributed by atoms with Crippen LogP contribution in [0, 0.1) is 6.92 Å². The first-order chi connectivity index (χ1) is 6.83. The predicted molar refractivity (Wildman–Crippen MR) is 69.4 cm³/mol. The van der Waals surface area contributed by atoms with Crippen LogP contribution in [0.25, 0.3) is 0 Å². The summed E-state index contributed by atoms with van der Waals surface area (Å²) in [7, 11) is 0. The summed E-state index contributed by atoms with van der Waals surface area (Å²) in [6.45, 7) is 8.72. The van der Waals surface area contributed by atoms with E-state index in [0.717, 1.165) is 6.54 Å². The van der Waals surface area contributed by atoms with E-state index in [1.165, 1.54) is 14.2 Å². The van der Waals surface area contributed by atoms with Gasteiger partial charge in [0, 0.05) is 26.3 Å². The van der Waals surface area contributed by atoms with Crippen LogP contribution < -0.4 is 5.32 Å². The number of nitrogens with one attached hydrogen (secondary N) is 1. The Labute approximate surface area is 104 Å². The van der Waals surface area contributed by atoms with Crippen molar-refractivity contribution in [2.75, 3.05) is 0 Å². The molecule has 0 amide bonds. The highest BCUT2D eigenvalue weighted by molar-refractivity contribution is 9.10. The van der Waals surface area contributed by atoms with Crippen LogP contribution in [0.3, 0.4) is 0 Å². The van der Waals surface area contributed by atoms with Crippen molar-refractivity contribution in [2.45, 2.75) is 45.9 Å². The standard InChI is InChI=1S/C11H18BrNOS/c1-7-10(12)5-9(15-7)6-13-11(3,4)8(2)14/h5,8,13-14H,6H2,1-4H3. The number of aliphatic hydroxyl groups is 1. The van der Waals surface area contributed by atoms with Crippen molar-refractivity contribution in [3.05, 3.63) is 20.3 Å². The van der Waals surface area contributed by atoms with E-state index in [1.54, 1.807) is 11.3 Å². The second-order valence-corrected chi connectivity index (χ2v) is 6.56. The van der Waals surface area contributed by atoms with Crippen molar-refractivity contribution >= 4 is 27.3 Å². The number of hydrogen-bond acceptors (Lipinski definition) is 3. The number of aliphatic hydroxyl groups excluding tert-OH is 1. The van der Waals surface area contributed by atoms with Gasteiger partial charge >= 0.3 is 0 Å². The Hall–Kier alpha value is 0.100. The molecule has 0 spiro atoms. The SMILES string of the molecule is Cc1sc(CNC(C)(C)C(C)O)cc1Br. The lowest BCUT2D eigenvalue weighted by molar-refractivity contribution is 0.0958. The van der Waals surface area contributed by atoms with Gasteiger partial charge in [-0.3, -0.25) is 0 Å². The van der Waals surface area contributed by atoms with Crippen LogP contribution in [-0.2, 0) is 6.54 Å². The number of rotatable bonds is 4. The topological polar surface area (TPSA) is 32.3 Å². The van der Waals surface area contributed by atoms with Crippen molar-refractivity contribution < 1.29 is 5.11 Å². The molecule has 1 rings (SSSR count). The summed E-state index contributed by atoms with van der Waals surface area (Å²) >= 11 is 5.27. The third-order valence-corrected chi connectivity index (χ3v) is 4.81. The van der Waals surface area contributed by atoms with Gasteiger partial charge in [-0.05, 0) is 49.7 Å². The van der Waals surface area contributed by atoms with Gasteiger partial charge in [0.2, 0.25) is 0 Å². The fraction of sp³-hybridized carbons (Fsp3) is 0.636. The van der Waals surface area contributed by atoms with Crippen molar-refractivity contribution in [1.82, 2.24) is 5.32 Å². The van der Waals surface area contributed by atoms with Crippen molar-refractivity contribution in [3.8, 4) is 0 Å². The Balaban J connectivity index is 2.57. The smallest absolute Gasteiger partial charge is 0.0688 e. The third kappa shape index (κ3) is 3.55. The summed E-state index contributed by atoms with van der Waals surface area (Å²) in [6, 6.07) is 2.13. The first-order valence-corrected chi connectivity index (χ1v) is 6.62. The largest absolute Gasteiger partial charge is 0.392 e. The van der Waals surface area contributed by atoms with E-state index >= 15 is 0 Å². The van der Waals surface area contributed by atoms with E-state index in [4.69, 9.17) is 0 Å². The van der Waals surface area contributed by atoms with Crippen molar-refractivity contribution in [3.63, 3.8) is 0 Å². The highest BCUT2D eigenvalue weighted by atomic mass is 79.9. The molecule has 1 aromatic rings. The van der Waals surface area contributed by atoms with Gasteiger partial charge in [-0.25, -0.2) is 0 Å². The van der Waals surface area contributed by atoms with Crippen LogP contribution in [-0.4, -0.2) is 16.7 Å². The number of aryl methyl sites for hydroxylation is 1. The molecule has 0 aliphatic rings. The quantitative estimate of drug-likeness (QED) is 0.894. The lowest BCUT2D eigenvalue weighted by Gasteiger charge is -2.29. The molecular weight excluding hydrogens is 274 g/mol. The maximum atomic E-state index is 9.55. The fourth-order valence-electron chi connectivity index (χ4n) is 1.07. The number of thiophene rings is 1. The third-order valence-electron chi connectivity index (χ3n) is 2.67. The molecule has 0 saturated carbocycles. The summed E-state index contributed by atoms with van der Waals surface area (Å²) in [5, 5.41) is 12.9. The van der Waals surface area contributed by atoms with Gasteiger partial charge in [-0.1, -0.05) is 0 Å². The van der Waals surface area contributed by atoms with Crippen LogP contribution in [0.2, 0.25) is 0 Å². The minimum atomic E-state index is -0.359. The van der Waals surface area contributed by atoms with E-state index < -0.39 is 0 Å². The second kappa shape index (κ2) is 4.95. The van der Waals surface area contributed by atoms with Crippen molar-refractivity contribution in [2.24, 2.45) is 0 Å². The van der Waals surface area contributed by atoms with Crippen molar-refractivity contribution in [1.29, 1.82) is 0 Å². The Morgan fingerprint density at radius 1 is 1.60 bits per heavy atom. The predicted octanol–water partition coefficient (Wildman–Crippen LogP) is 3.07. The lowest BCUT2D eigenvalue weighted by atomic mass is 9.99. The highest BCUT2D eigenvalue weighted by Crippen LogP contribution is 2.26. The fourth-order valence-corrected chi connectivity index (χ4v) is 2.61. The molecule has 0 fully saturated rings. The van der Waals surface area contributed by atoms with E-state index in [9.17, 15) is 5.11 Å². The molecule has 0 aromatic carbocycles. The Morgan fingerprint density at radius 3 is 2.60 bits per heavy atom. The molecule has 0 aliphatic heterocycles. The minimum Gasteiger partial charge on any atom is -0.392 e. The highest BCUT2D eigenvalue weighted by Gasteiger charge is 2.23. The molecule has 1 aromatic heterocycles. The molecule has 1 atom stereocenters. The van der Waals surface area contributed by atoms with E-state index in [0.29, 0.717) is 0 Å². The zero-order valence-electron chi connectivity index (χ0n) is 9.60. The molecule has 0 bridgehead atoms. The molecule has 0 aliphatic carbocycles. The second-order valence-electron chi connectivity index (χ2n) is 4.37. The van der Waals surface area contributed by atoms with Crippen LogP contribution >= 0.6 is 27.3 Å². The van der Waals surface area contributed by atoms with E-state index in [2.05, 4.69) is 34.2 Å². The average Bonchev–Trinajstić information content (AvgIpc) is 2.43. The molecule has 1 unspecified atom stereocenters. The molecule has 4 heteroatoms. The van der Waals surface area contributed by atoms with Gasteiger partial charge in [-0.15, -0.1) is 11.3 Å². The van der Waals surface area contributed by atoms with Gasteiger partial charge in [0.1, 0.15) is 0 Å². The Bertz CT molecular complexity index is 314. The minimum absolute atomic E-state index is 0.246. The van der Waals surface area contributed by atoms with Gasteiger partial charge in [0.25, 0.3) is 0 Å². The Morgan fingerprint density at radius 2 is 2.20 bits per heavy atom. The summed E-state index contributed by atoms with van der Waals surface area (Å²) < 4.78 is 1.17. The molecule has 2 N–H and O–H groups in total. The van der Waals surface area contributed by atoms with Gasteiger partial charge in [0.05, 0.1) is 6.10 Å². The van der Waals surface area contributed by atoms with Crippen LogP contribution in [0.5, 0.6) is 0 Å². The van der Waals surface area contributed by atoms with Crippen LogP contribution in [0.1, 0.15) is 30.5 Å². The molecule has 2 nitrogen and oxygen atoms in total. The lowest BCUT2D eigenvalue weighted by Crippen LogP contribution is -2.47. The van der Waals surface area contributed by atoms with Gasteiger partial charge in [-0.2, -0.15) is 0 Å². The molecule has 86 valence electrons. The Kier molecular flexibility index (Phi) is 4.35.